The quantitative estimate of drug-likeness (QED) is 0.828. The molecule has 0 unspecified atom stereocenters. The van der Waals surface area contributed by atoms with E-state index in [1.165, 1.54) is 0 Å². The highest BCUT2D eigenvalue weighted by Crippen LogP contribution is 2.19. The molecule has 0 atom stereocenters. The molecular formula is C14H18N4O. The van der Waals surface area contributed by atoms with Gasteiger partial charge in [0.25, 0.3) is 5.91 Å². The van der Waals surface area contributed by atoms with Gasteiger partial charge in [0.2, 0.25) is 0 Å². The minimum atomic E-state index is -0.141. The molecule has 5 nitrogen and oxygen atoms in total. The van der Waals surface area contributed by atoms with Crippen LogP contribution in [0.2, 0.25) is 0 Å². The van der Waals surface area contributed by atoms with E-state index < -0.39 is 0 Å². The average Bonchev–Trinajstić information content (AvgIpc) is 2.74. The van der Waals surface area contributed by atoms with Gasteiger partial charge in [0.05, 0.1) is 11.3 Å². The number of nitrogens with two attached hydrogens (primary N) is 1. The highest BCUT2D eigenvalue weighted by molar-refractivity contribution is 6.05. The summed E-state index contributed by atoms with van der Waals surface area (Å²) < 4.78 is 1.66. The van der Waals surface area contributed by atoms with Gasteiger partial charge in [-0.1, -0.05) is 6.92 Å². The van der Waals surface area contributed by atoms with Crippen molar-refractivity contribution in [1.82, 2.24) is 9.78 Å². The highest BCUT2D eigenvalue weighted by atomic mass is 16.1. The SMILES string of the molecule is CCc1nn(C)cc1C(=O)Nc1ccc(N)cc1C. The van der Waals surface area contributed by atoms with Crippen molar-refractivity contribution < 1.29 is 4.79 Å². The number of amides is 1. The number of carbonyl (C=O) groups is 1. The van der Waals surface area contributed by atoms with E-state index in [0.717, 1.165) is 23.4 Å². The van der Waals surface area contributed by atoms with Crippen molar-refractivity contribution in [1.29, 1.82) is 0 Å². The van der Waals surface area contributed by atoms with Crippen LogP contribution in [0.15, 0.2) is 24.4 Å². The number of carbonyl (C=O) groups excluding carboxylic acids is 1. The number of aromatic nitrogens is 2. The highest BCUT2D eigenvalue weighted by Gasteiger charge is 2.15. The predicted octanol–water partition coefficient (Wildman–Crippen LogP) is 2.13. The Labute approximate surface area is 112 Å². The van der Waals surface area contributed by atoms with E-state index in [-0.39, 0.29) is 5.91 Å². The van der Waals surface area contributed by atoms with Crippen LogP contribution in [-0.4, -0.2) is 15.7 Å². The van der Waals surface area contributed by atoms with Crippen LogP contribution in [-0.2, 0) is 13.5 Å². The molecule has 1 amide bonds. The Hall–Kier alpha value is -2.30. The molecule has 0 spiro atoms. The summed E-state index contributed by atoms with van der Waals surface area (Å²) >= 11 is 0. The summed E-state index contributed by atoms with van der Waals surface area (Å²) in [5.41, 5.74) is 9.50. The molecule has 0 aliphatic heterocycles. The molecule has 0 aliphatic carbocycles. The van der Waals surface area contributed by atoms with E-state index in [9.17, 15) is 4.79 Å². The number of aryl methyl sites for hydroxylation is 3. The first-order valence-electron chi connectivity index (χ1n) is 6.21. The number of rotatable bonds is 3. The Morgan fingerprint density at radius 3 is 2.84 bits per heavy atom. The zero-order valence-electron chi connectivity index (χ0n) is 11.4. The lowest BCUT2D eigenvalue weighted by Gasteiger charge is -2.08. The first-order valence-corrected chi connectivity index (χ1v) is 6.21. The molecule has 0 radical (unpaired) electrons. The van der Waals surface area contributed by atoms with Crippen LogP contribution in [0.5, 0.6) is 0 Å². The maximum absolute atomic E-state index is 12.2. The van der Waals surface area contributed by atoms with E-state index in [0.29, 0.717) is 11.3 Å². The Morgan fingerprint density at radius 2 is 2.21 bits per heavy atom. The van der Waals surface area contributed by atoms with Crippen LogP contribution in [0.3, 0.4) is 0 Å². The number of anilines is 2. The predicted molar refractivity (Wildman–Crippen MR) is 76.1 cm³/mol. The van der Waals surface area contributed by atoms with E-state index in [2.05, 4.69) is 10.4 Å². The fourth-order valence-electron chi connectivity index (χ4n) is 2.00. The summed E-state index contributed by atoms with van der Waals surface area (Å²) in [6.45, 7) is 3.89. The number of hydrogen-bond acceptors (Lipinski definition) is 3. The van der Waals surface area contributed by atoms with Gasteiger partial charge in [0.1, 0.15) is 0 Å². The molecule has 0 fully saturated rings. The maximum atomic E-state index is 12.2. The third kappa shape index (κ3) is 2.76. The van der Waals surface area contributed by atoms with Gasteiger partial charge in [-0.05, 0) is 37.1 Å². The van der Waals surface area contributed by atoms with Gasteiger partial charge in [-0.2, -0.15) is 5.10 Å². The van der Waals surface area contributed by atoms with Crippen LogP contribution in [0.25, 0.3) is 0 Å². The molecule has 5 heteroatoms. The van der Waals surface area contributed by atoms with Gasteiger partial charge < -0.3 is 11.1 Å². The third-order valence-corrected chi connectivity index (χ3v) is 2.98. The molecule has 0 bridgehead atoms. The van der Waals surface area contributed by atoms with Crippen LogP contribution in [0.4, 0.5) is 11.4 Å². The fourth-order valence-corrected chi connectivity index (χ4v) is 2.00. The number of nitrogens with zero attached hydrogens (tertiary/aromatic N) is 2. The molecule has 1 heterocycles. The third-order valence-electron chi connectivity index (χ3n) is 2.98. The van der Waals surface area contributed by atoms with Crippen LogP contribution in [0.1, 0.15) is 28.5 Å². The van der Waals surface area contributed by atoms with Crippen molar-refractivity contribution in [3.05, 3.63) is 41.2 Å². The van der Waals surface area contributed by atoms with E-state index in [4.69, 9.17) is 5.73 Å². The lowest BCUT2D eigenvalue weighted by atomic mass is 10.1. The smallest absolute Gasteiger partial charge is 0.259 e. The molecule has 3 N–H and O–H groups in total. The minimum Gasteiger partial charge on any atom is -0.399 e. The van der Waals surface area contributed by atoms with Crippen molar-refractivity contribution in [3.63, 3.8) is 0 Å². The number of hydrogen-bond donors (Lipinski definition) is 2. The van der Waals surface area contributed by atoms with Crippen molar-refractivity contribution in [3.8, 4) is 0 Å². The first-order chi connectivity index (χ1) is 9.01. The Kier molecular flexibility index (Phi) is 3.55. The van der Waals surface area contributed by atoms with Gasteiger partial charge in [0, 0.05) is 24.6 Å². The van der Waals surface area contributed by atoms with Crippen molar-refractivity contribution in [2.45, 2.75) is 20.3 Å². The van der Waals surface area contributed by atoms with E-state index in [1.807, 2.05) is 33.0 Å². The summed E-state index contributed by atoms with van der Waals surface area (Å²) in [6, 6.07) is 5.41. The lowest BCUT2D eigenvalue weighted by Crippen LogP contribution is -2.14. The summed E-state index contributed by atoms with van der Waals surface area (Å²) in [4.78, 5) is 12.2. The van der Waals surface area contributed by atoms with Crippen LogP contribution >= 0.6 is 0 Å². The van der Waals surface area contributed by atoms with Gasteiger partial charge in [-0.15, -0.1) is 0 Å². The minimum absolute atomic E-state index is 0.141. The second-order valence-corrected chi connectivity index (χ2v) is 4.55. The Bertz CT molecular complexity index is 616. The molecular weight excluding hydrogens is 240 g/mol. The van der Waals surface area contributed by atoms with Gasteiger partial charge in [0.15, 0.2) is 0 Å². The molecule has 0 saturated heterocycles. The second kappa shape index (κ2) is 5.14. The topological polar surface area (TPSA) is 72.9 Å². The zero-order valence-corrected chi connectivity index (χ0v) is 11.4. The maximum Gasteiger partial charge on any atom is 0.259 e. The standard InChI is InChI=1S/C14H18N4O/c1-4-12-11(8-18(3)17-12)14(19)16-13-6-5-10(15)7-9(13)2/h5-8H,4,15H2,1-3H3,(H,16,19). The molecule has 2 aromatic rings. The van der Waals surface area contributed by atoms with Crippen LogP contribution in [0, 0.1) is 6.92 Å². The lowest BCUT2D eigenvalue weighted by molar-refractivity contribution is 0.102. The summed E-state index contributed by atoms with van der Waals surface area (Å²) in [6.07, 6.45) is 2.46. The Morgan fingerprint density at radius 1 is 1.47 bits per heavy atom. The van der Waals surface area contributed by atoms with Gasteiger partial charge in [-0.25, -0.2) is 0 Å². The van der Waals surface area contributed by atoms with Crippen molar-refractivity contribution in [2.75, 3.05) is 11.1 Å². The fraction of sp³-hybridized carbons (Fsp3) is 0.286. The molecule has 1 aromatic carbocycles. The Balaban J connectivity index is 2.25. The second-order valence-electron chi connectivity index (χ2n) is 4.55. The molecule has 1 aromatic heterocycles. The number of nitrogens with one attached hydrogen (secondary N) is 1. The zero-order chi connectivity index (χ0) is 14.0. The van der Waals surface area contributed by atoms with Gasteiger partial charge in [-0.3, -0.25) is 9.48 Å². The number of nitrogen functional groups attached to an aromatic ring is 1. The van der Waals surface area contributed by atoms with E-state index >= 15 is 0 Å². The largest absolute Gasteiger partial charge is 0.399 e. The number of benzene rings is 1. The van der Waals surface area contributed by atoms with Gasteiger partial charge >= 0.3 is 0 Å². The average molecular weight is 258 g/mol. The van der Waals surface area contributed by atoms with Crippen molar-refractivity contribution in [2.24, 2.45) is 7.05 Å². The van der Waals surface area contributed by atoms with Crippen LogP contribution < -0.4 is 11.1 Å². The van der Waals surface area contributed by atoms with Crippen molar-refractivity contribution >= 4 is 17.3 Å². The molecule has 0 aliphatic rings. The first kappa shape index (κ1) is 13.1. The monoisotopic (exact) mass is 258 g/mol. The molecule has 0 saturated carbocycles. The molecule has 2 rings (SSSR count). The summed E-state index contributed by atoms with van der Waals surface area (Å²) in [7, 11) is 1.81. The summed E-state index contributed by atoms with van der Waals surface area (Å²) in [5, 5.41) is 7.16. The summed E-state index contributed by atoms with van der Waals surface area (Å²) in [5.74, 6) is -0.141. The normalized spacial score (nSPS) is 10.5. The van der Waals surface area contributed by atoms with E-state index in [1.54, 1.807) is 16.9 Å². The molecule has 100 valence electrons. The molecule has 19 heavy (non-hydrogen) atoms.